The first-order valence-electron chi connectivity index (χ1n) is 8.81. The first kappa shape index (κ1) is 17.9. The van der Waals surface area contributed by atoms with Crippen LogP contribution in [0.5, 0.6) is 0 Å². The van der Waals surface area contributed by atoms with Gasteiger partial charge in [0, 0.05) is 13.5 Å². The lowest BCUT2D eigenvalue weighted by atomic mass is 10.0. The van der Waals surface area contributed by atoms with Crippen LogP contribution in [0.1, 0.15) is 36.1 Å². The van der Waals surface area contributed by atoms with Crippen molar-refractivity contribution in [3.8, 4) is 5.69 Å². The second kappa shape index (κ2) is 7.95. The molecule has 0 saturated carbocycles. The van der Waals surface area contributed by atoms with Crippen molar-refractivity contribution in [1.29, 1.82) is 0 Å². The highest BCUT2D eigenvalue weighted by Gasteiger charge is 2.17. The fourth-order valence-corrected chi connectivity index (χ4v) is 2.98. The van der Waals surface area contributed by atoms with Crippen molar-refractivity contribution in [2.45, 2.75) is 32.7 Å². The molecule has 1 aromatic heterocycles. The maximum Gasteiger partial charge on any atom is 0.223 e. The normalized spacial score (nSPS) is 12.0. The molecule has 0 bridgehead atoms. The zero-order chi connectivity index (χ0) is 18.5. The summed E-state index contributed by atoms with van der Waals surface area (Å²) < 4.78 is 1.71. The molecule has 5 heteroatoms. The average molecular weight is 348 g/mol. The van der Waals surface area contributed by atoms with E-state index in [9.17, 15) is 4.79 Å². The van der Waals surface area contributed by atoms with E-state index in [4.69, 9.17) is 0 Å². The summed E-state index contributed by atoms with van der Waals surface area (Å²) in [7, 11) is 1.87. The number of carbonyl (C=O) groups is 1. The molecule has 0 aliphatic carbocycles. The number of aryl methyl sites for hydroxylation is 2. The van der Waals surface area contributed by atoms with E-state index < -0.39 is 0 Å². The number of rotatable bonds is 6. The van der Waals surface area contributed by atoms with Crippen molar-refractivity contribution in [3.63, 3.8) is 0 Å². The van der Waals surface area contributed by atoms with Crippen LogP contribution in [0.2, 0.25) is 0 Å². The molecule has 3 rings (SSSR count). The first-order valence-corrected chi connectivity index (χ1v) is 8.81. The standard InChI is InChI=1S/C21H24N4O/c1-16-5-4-6-18(13-16)7-12-21(26)24(3)17(2)19-8-10-20(11-9-19)25-15-22-14-23-25/h4-6,8-11,13-15,17H,7,12H2,1-3H3. The van der Waals surface area contributed by atoms with E-state index in [1.54, 1.807) is 11.0 Å². The smallest absolute Gasteiger partial charge is 0.223 e. The van der Waals surface area contributed by atoms with E-state index in [2.05, 4.69) is 42.1 Å². The van der Waals surface area contributed by atoms with Crippen LogP contribution in [0.3, 0.4) is 0 Å². The summed E-state index contributed by atoms with van der Waals surface area (Å²) in [5.41, 5.74) is 4.48. The molecule has 0 fully saturated rings. The molecule has 134 valence electrons. The Balaban J connectivity index is 1.61. The van der Waals surface area contributed by atoms with Gasteiger partial charge in [-0.3, -0.25) is 4.79 Å². The maximum atomic E-state index is 12.6. The van der Waals surface area contributed by atoms with Crippen LogP contribution in [-0.2, 0) is 11.2 Å². The SMILES string of the molecule is Cc1cccc(CCC(=O)N(C)C(C)c2ccc(-n3cncn3)cc2)c1. The Bertz CT molecular complexity index is 856. The Morgan fingerprint density at radius 3 is 2.62 bits per heavy atom. The quantitative estimate of drug-likeness (QED) is 0.682. The van der Waals surface area contributed by atoms with E-state index >= 15 is 0 Å². The third-order valence-corrected chi connectivity index (χ3v) is 4.74. The number of hydrogen-bond donors (Lipinski definition) is 0. The van der Waals surface area contributed by atoms with E-state index in [0.29, 0.717) is 6.42 Å². The molecule has 26 heavy (non-hydrogen) atoms. The van der Waals surface area contributed by atoms with Gasteiger partial charge in [0.2, 0.25) is 5.91 Å². The number of benzene rings is 2. The minimum absolute atomic E-state index is 0.0183. The summed E-state index contributed by atoms with van der Waals surface area (Å²) in [6.45, 7) is 4.12. The number of carbonyl (C=O) groups excluding carboxylic acids is 1. The maximum absolute atomic E-state index is 12.6. The molecule has 0 aliphatic heterocycles. The molecule has 1 amide bonds. The lowest BCUT2D eigenvalue weighted by Gasteiger charge is -2.25. The lowest BCUT2D eigenvalue weighted by molar-refractivity contribution is -0.131. The van der Waals surface area contributed by atoms with Crippen molar-refractivity contribution in [1.82, 2.24) is 19.7 Å². The molecule has 0 N–H and O–H groups in total. The highest BCUT2D eigenvalue weighted by molar-refractivity contribution is 5.76. The van der Waals surface area contributed by atoms with Crippen LogP contribution >= 0.6 is 0 Å². The zero-order valence-electron chi connectivity index (χ0n) is 15.5. The molecule has 0 radical (unpaired) electrons. The minimum Gasteiger partial charge on any atom is -0.339 e. The van der Waals surface area contributed by atoms with Crippen molar-refractivity contribution < 1.29 is 4.79 Å². The molecular formula is C21H24N4O. The summed E-state index contributed by atoms with van der Waals surface area (Å²) in [5.74, 6) is 0.152. The van der Waals surface area contributed by atoms with Gasteiger partial charge in [0.1, 0.15) is 12.7 Å². The Labute approximate surface area is 154 Å². The van der Waals surface area contributed by atoms with Gasteiger partial charge in [-0.05, 0) is 43.5 Å². The van der Waals surface area contributed by atoms with Crippen molar-refractivity contribution in [3.05, 3.63) is 77.9 Å². The van der Waals surface area contributed by atoms with Crippen LogP contribution in [0.15, 0.2) is 61.2 Å². The molecule has 1 atom stereocenters. The monoisotopic (exact) mass is 348 g/mol. The minimum atomic E-state index is 0.0183. The van der Waals surface area contributed by atoms with Gasteiger partial charge in [-0.2, -0.15) is 5.10 Å². The Morgan fingerprint density at radius 2 is 1.96 bits per heavy atom. The third kappa shape index (κ3) is 4.17. The van der Waals surface area contributed by atoms with Gasteiger partial charge in [0.25, 0.3) is 0 Å². The molecule has 0 aliphatic rings. The summed E-state index contributed by atoms with van der Waals surface area (Å²) in [6, 6.07) is 16.4. The van der Waals surface area contributed by atoms with Gasteiger partial charge in [-0.25, -0.2) is 9.67 Å². The molecule has 0 spiro atoms. The van der Waals surface area contributed by atoms with E-state index in [1.165, 1.54) is 17.5 Å². The molecule has 1 heterocycles. The van der Waals surface area contributed by atoms with E-state index in [1.807, 2.05) is 42.3 Å². The number of aromatic nitrogens is 3. The van der Waals surface area contributed by atoms with Gasteiger partial charge in [0.15, 0.2) is 0 Å². The van der Waals surface area contributed by atoms with Crippen LogP contribution in [0, 0.1) is 6.92 Å². The van der Waals surface area contributed by atoms with Gasteiger partial charge in [-0.1, -0.05) is 42.0 Å². The Hall–Kier alpha value is -2.95. The number of hydrogen-bond acceptors (Lipinski definition) is 3. The van der Waals surface area contributed by atoms with Crippen LogP contribution in [0.25, 0.3) is 5.69 Å². The number of amides is 1. The highest BCUT2D eigenvalue weighted by Crippen LogP contribution is 2.21. The summed E-state index contributed by atoms with van der Waals surface area (Å²) in [4.78, 5) is 18.4. The fraction of sp³-hybridized carbons (Fsp3) is 0.286. The summed E-state index contributed by atoms with van der Waals surface area (Å²) in [6.07, 6.45) is 4.46. The van der Waals surface area contributed by atoms with Gasteiger partial charge < -0.3 is 4.90 Å². The second-order valence-electron chi connectivity index (χ2n) is 6.60. The molecule has 2 aromatic carbocycles. The molecule has 1 unspecified atom stereocenters. The lowest BCUT2D eigenvalue weighted by Crippen LogP contribution is -2.29. The molecular weight excluding hydrogens is 324 g/mol. The predicted octanol–water partition coefficient (Wildman–Crippen LogP) is 3.73. The molecule has 3 aromatic rings. The highest BCUT2D eigenvalue weighted by atomic mass is 16.2. The van der Waals surface area contributed by atoms with Crippen LogP contribution in [-0.4, -0.2) is 32.6 Å². The molecule has 0 saturated heterocycles. The van der Waals surface area contributed by atoms with E-state index in [0.717, 1.165) is 17.7 Å². The number of nitrogens with zero attached hydrogens (tertiary/aromatic N) is 4. The average Bonchev–Trinajstić information content (AvgIpc) is 3.20. The summed E-state index contributed by atoms with van der Waals surface area (Å²) in [5, 5.41) is 4.12. The Kier molecular flexibility index (Phi) is 5.46. The predicted molar refractivity (Wildman–Crippen MR) is 102 cm³/mol. The largest absolute Gasteiger partial charge is 0.339 e. The fourth-order valence-electron chi connectivity index (χ4n) is 2.98. The van der Waals surface area contributed by atoms with Crippen molar-refractivity contribution in [2.24, 2.45) is 0 Å². The zero-order valence-corrected chi connectivity index (χ0v) is 15.5. The van der Waals surface area contributed by atoms with Crippen LogP contribution < -0.4 is 0 Å². The van der Waals surface area contributed by atoms with Gasteiger partial charge >= 0.3 is 0 Å². The van der Waals surface area contributed by atoms with E-state index in [-0.39, 0.29) is 11.9 Å². The topological polar surface area (TPSA) is 51.0 Å². The Morgan fingerprint density at radius 1 is 1.19 bits per heavy atom. The first-order chi connectivity index (χ1) is 12.5. The van der Waals surface area contributed by atoms with Crippen molar-refractivity contribution >= 4 is 5.91 Å². The summed E-state index contributed by atoms with van der Waals surface area (Å²) >= 11 is 0. The van der Waals surface area contributed by atoms with Gasteiger partial charge in [-0.15, -0.1) is 0 Å². The van der Waals surface area contributed by atoms with Gasteiger partial charge in [0.05, 0.1) is 11.7 Å². The molecule has 5 nitrogen and oxygen atoms in total. The third-order valence-electron chi connectivity index (χ3n) is 4.74. The van der Waals surface area contributed by atoms with Crippen molar-refractivity contribution in [2.75, 3.05) is 7.05 Å². The van der Waals surface area contributed by atoms with Crippen LogP contribution in [0.4, 0.5) is 0 Å². The second-order valence-corrected chi connectivity index (χ2v) is 6.60.